The molecule has 9 heteroatoms. The van der Waals surface area contributed by atoms with E-state index >= 15 is 0 Å². The number of rotatable bonds is 6. The van der Waals surface area contributed by atoms with E-state index in [1.165, 1.54) is 12.0 Å². The molecule has 0 N–H and O–H groups in total. The Bertz CT molecular complexity index is 850. The number of thioether (sulfide) groups is 1. The summed E-state index contributed by atoms with van der Waals surface area (Å²) in [5.74, 6) is -0.158. The van der Waals surface area contributed by atoms with E-state index in [1.54, 1.807) is 37.7 Å². The number of esters is 2. The number of fused-ring (bicyclic) bond motifs is 1. The first-order valence-electron chi connectivity index (χ1n) is 11.0. The number of carbonyl (C=O) groups is 3. The van der Waals surface area contributed by atoms with Gasteiger partial charge in [-0.05, 0) is 69.6 Å². The molecule has 1 aromatic rings. The van der Waals surface area contributed by atoms with Crippen molar-refractivity contribution in [2.24, 2.45) is 11.8 Å². The molecule has 2 aliphatic rings. The minimum absolute atomic E-state index is 0.268. The molecular formula is C23H30ClNO6S. The molecule has 1 heterocycles. The standard InChI is InChI=1S/C23H30ClNO6S/c1-4-30-21(26)18-12-16(24)7-9-20(18)32-17-8-6-14-13-25(23(28)29-3)19(11-15(14)10-17)22(27)31-5-2/h7,9,12,14-15,17,19H,4-6,8,10-11,13H2,1-3H3/t14-,15+,17-,19-/m0/s1. The van der Waals surface area contributed by atoms with Gasteiger partial charge < -0.3 is 14.2 Å². The van der Waals surface area contributed by atoms with Gasteiger partial charge in [-0.1, -0.05) is 11.6 Å². The molecule has 1 amide bonds. The van der Waals surface area contributed by atoms with Crippen LogP contribution in [0.25, 0.3) is 0 Å². The molecule has 2 fully saturated rings. The summed E-state index contributed by atoms with van der Waals surface area (Å²) in [6, 6.07) is 4.67. The van der Waals surface area contributed by atoms with Gasteiger partial charge in [0.05, 0.1) is 25.9 Å². The Balaban J connectivity index is 1.73. The lowest BCUT2D eigenvalue weighted by atomic mass is 9.73. The molecule has 0 aromatic heterocycles. The molecule has 32 heavy (non-hydrogen) atoms. The maximum absolute atomic E-state index is 12.5. The third kappa shape index (κ3) is 5.70. The Morgan fingerprint density at radius 1 is 1.09 bits per heavy atom. The largest absolute Gasteiger partial charge is 0.464 e. The van der Waals surface area contributed by atoms with Gasteiger partial charge in [0.2, 0.25) is 0 Å². The van der Waals surface area contributed by atoms with E-state index in [1.807, 2.05) is 6.07 Å². The molecule has 3 rings (SSSR count). The topological polar surface area (TPSA) is 82.1 Å². The first kappa shape index (κ1) is 24.7. The van der Waals surface area contributed by atoms with Crippen LogP contribution < -0.4 is 0 Å². The highest BCUT2D eigenvalue weighted by Crippen LogP contribution is 2.45. The summed E-state index contributed by atoms with van der Waals surface area (Å²) in [5.41, 5.74) is 0.483. The van der Waals surface area contributed by atoms with Crippen molar-refractivity contribution in [3.8, 4) is 0 Å². The van der Waals surface area contributed by atoms with Crippen LogP contribution in [-0.4, -0.2) is 61.1 Å². The van der Waals surface area contributed by atoms with Crippen LogP contribution in [0.3, 0.4) is 0 Å². The minimum atomic E-state index is -0.627. The Kier molecular flexibility index (Phi) is 8.71. The van der Waals surface area contributed by atoms with Crippen molar-refractivity contribution >= 4 is 41.4 Å². The average Bonchev–Trinajstić information content (AvgIpc) is 2.79. The quantitative estimate of drug-likeness (QED) is 0.424. The maximum Gasteiger partial charge on any atom is 0.410 e. The number of likely N-dealkylation sites (tertiary alicyclic amines) is 1. The molecule has 0 unspecified atom stereocenters. The molecule has 4 atom stereocenters. The van der Waals surface area contributed by atoms with Crippen molar-refractivity contribution < 1.29 is 28.6 Å². The Morgan fingerprint density at radius 2 is 1.84 bits per heavy atom. The van der Waals surface area contributed by atoms with Crippen LogP contribution in [-0.2, 0) is 19.0 Å². The first-order valence-corrected chi connectivity index (χ1v) is 12.3. The molecule has 0 spiro atoms. The second-order valence-electron chi connectivity index (χ2n) is 8.06. The molecule has 1 aromatic carbocycles. The summed E-state index contributed by atoms with van der Waals surface area (Å²) in [6.07, 6.45) is 2.86. The highest BCUT2D eigenvalue weighted by molar-refractivity contribution is 8.00. The van der Waals surface area contributed by atoms with Crippen molar-refractivity contribution in [1.82, 2.24) is 4.90 Å². The van der Waals surface area contributed by atoms with Crippen LogP contribution in [0, 0.1) is 11.8 Å². The Hall–Kier alpha value is -1.93. The lowest BCUT2D eigenvalue weighted by Crippen LogP contribution is -2.55. The summed E-state index contributed by atoms with van der Waals surface area (Å²) >= 11 is 7.77. The van der Waals surface area contributed by atoms with Gasteiger partial charge in [0.15, 0.2) is 0 Å². The fourth-order valence-electron chi connectivity index (χ4n) is 4.65. The lowest BCUT2D eigenvalue weighted by Gasteiger charge is -2.46. The number of piperidine rings is 1. The van der Waals surface area contributed by atoms with Crippen LogP contribution >= 0.6 is 23.4 Å². The van der Waals surface area contributed by atoms with Crippen molar-refractivity contribution in [3.05, 3.63) is 28.8 Å². The van der Waals surface area contributed by atoms with Gasteiger partial charge in [0, 0.05) is 21.7 Å². The molecule has 0 radical (unpaired) electrons. The number of methoxy groups -OCH3 is 1. The molecule has 1 aliphatic carbocycles. The number of amides is 1. The summed E-state index contributed by atoms with van der Waals surface area (Å²) in [6.45, 7) is 4.59. The predicted molar refractivity (Wildman–Crippen MR) is 122 cm³/mol. The van der Waals surface area contributed by atoms with Crippen LogP contribution in [0.2, 0.25) is 5.02 Å². The first-order chi connectivity index (χ1) is 15.4. The molecule has 0 bridgehead atoms. The van der Waals surface area contributed by atoms with E-state index in [4.69, 9.17) is 25.8 Å². The van der Waals surface area contributed by atoms with E-state index in [9.17, 15) is 14.4 Å². The Labute approximate surface area is 198 Å². The zero-order valence-corrected chi connectivity index (χ0v) is 20.2. The number of nitrogens with zero attached hydrogens (tertiary/aromatic N) is 1. The lowest BCUT2D eigenvalue weighted by molar-refractivity contribution is -0.152. The average molecular weight is 484 g/mol. The number of halogens is 1. The van der Waals surface area contributed by atoms with E-state index in [0.29, 0.717) is 36.1 Å². The second kappa shape index (κ2) is 11.3. The number of ether oxygens (including phenoxy) is 3. The SMILES string of the molecule is CCOC(=O)c1cc(Cl)ccc1S[C@H]1CC[C@H]2CN(C(=O)OC)[C@H](C(=O)OCC)C[C@H]2C1. The van der Waals surface area contributed by atoms with Crippen molar-refractivity contribution in [3.63, 3.8) is 0 Å². The second-order valence-corrected chi connectivity index (χ2v) is 9.84. The van der Waals surface area contributed by atoms with Crippen LogP contribution in [0.15, 0.2) is 23.1 Å². The zero-order chi connectivity index (χ0) is 23.3. The van der Waals surface area contributed by atoms with Gasteiger partial charge in [-0.3, -0.25) is 4.90 Å². The Morgan fingerprint density at radius 3 is 2.53 bits per heavy atom. The van der Waals surface area contributed by atoms with Crippen molar-refractivity contribution in [2.45, 2.75) is 55.7 Å². The van der Waals surface area contributed by atoms with Gasteiger partial charge in [0.25, 0.3) is 0 Å². The highest BCUT2D eigenvalue weighted by atomic mass is 35.5. The fraction of sp³-hybridized carbons (Fsp3) is 0.609. The summed E-state index contributed by atoms with van der Waals surface area (Å²) < 4.78 is 15.3. The molecule has 1 aliphatic heterocycles. The van der Waals surface area contributed by atoms with Crippen LogP contribution in [0.5, 0.6) is 0 Å². The number of hydrogen-bond donors (Lipinski definition) is 0. The number of carbonyl (C=O) groups excluding carboxylic acids is 3. The predicted octanol–water partition coefficient (Wildman–Crippen LogP) is 4.80. The molecule has 1 saturated heterocycles. The minimum Gasteiger partial charge on any atom is -0.464 e. The van der Waals surface area contributed by atoms with Gasteiger partial charge >= 0.3 is 18.0 Å². The zero-order valence-electron chi connectivity index (χ0n) is 18.7. The smallest absolute Gasteiger partial charge is 0.410 e. The number of hydrogen-bond acceptors (Lipinski definition) is 7. The molecule has 1 saturated carbocycles. The molecule has 7 nitrogen and oxygen atoms in total. The van der Waals surface area contributed by atoms with Gasteiger partial charge in [-0.15, -0.1) is 11.8 Å². The van der Waals surface area contributed by atoms with Crippen molar-refractivity contribution in [2.75, 3.05) is 26.9 Å². The van der Waals surface area contributed by atoms with E-state index in [2.05, 4.69) is 0 Å². The van der Waals surface area contributed by atoms with Gasteiger partial charge in [-0.25, -0.2) is 14.4 Å². The summed E-state index contributed by atoms with van der Waals surface area (Å²) in [7, 11) is 1.33. The van der Waals surface area contributed by atoms with Gasteiger partial charge in [-0.2, -0.15) is 0 Å². The fourth-order valence-corrected chi connectivity index (χ4v) is 6.19. The third-order valence-corrected chi connectivity index (χ3v) is 7.73. The maximum atomic E-state index is 12.5. The van der Waals surface area contributed by atoms with E-state index in [0.717, 1.165) is 24.2 Å². The molecule has 176 valence electrons. The number of benzene rings is 1. The highest BCUT2D eigenvalue weighted by Gasteiger charge is 2.45. The third-order valence-electron chi connectivity index (χ3n) is 6.12. The van der Waals surface area contributed by atoms with Crippen LogP contribution in [0.1, 0.15) is 49.9 Å². The summed E-state index contributed by atoms with van der Waals surface area (Å²) in [4.78, 5) is 39.6. The van der Waals surface area contributed by atoms with E-state index < -0.39 is 12.1 Å². The van der Waals surface area contributed by atoms with Crippen LogP contribution in [0.4, 0.5) is 4.79 Å². The van der Waals surface area contributed by atoms with E-state index in [-0.39, 0.29) is 29.7 Å². The summed E-state index contributed by atoms with van der Waals surface area (Å²) in [5, 5.41) is 0.784. The van der Waals surface area contributed by atoms with Gasteiger partial charge in [0.1, 0.15) is 6.04 Å². The molecular weight excluding hydrogens is 454 g/mol. The van der Waals surface area contributed by atoms with Crippen molar-refractivity contribution in [1.29, 1.82) is 0 Å². The monoisotopic (exact) mass is 483 g/mol. The normalized spacial score (nSPS) is 24.9.